The van der Waals surface area contributed by atoms with Gasteiger partial charge in [-0.25, -0.2) is 0 Å². The number of phenols is 1. The highest BCUT2D eigenvalue weighted by Crippen LogP contribution is 2.52. The molecule has 0 amide bonds. The van der Waals surface area contributed by atoms with Crippen molar-refractivity contribution in [2.75, 3.05) is 9.80 Å². The zero-order valence-corrected chi connectivity index (χ0v) is 41.3. The van der Waals surface area contributed by atoms with Crippen molar-refractivity contribution in [3.63, 3.8) is 0 Å². The second kappa shape index (κ2) is 17.6. The molecule has 4 heteroatoms. The molecule has 13 aromatic rings. The van der Waals surface area contributed by atoms with Crippen molar-refractivity contribution < 1.29 is 9.52 Å². The fraction of sp³-hybridized carbons (Fsp3) is 0.0725. The minimum absolute atomic E-state index is 0.219. The normalized spacial score (nSPS) is 11.7. The van der Waals surface area contributed by atoms with E-state index in [0.29, 0.717) is 5.69 Å². The van der Waals surface area contributed by atoms with E-state index in [1.807, 2.05) is 12.1 Å². The van der Waals surface area contributed by atoms with Crippen LogP contribution in [0.2, 0.25) is 0 Å². The molecule has 350 valence electrons. The summed E-state index contributed by atoms with van der Waals surface area (Å²) in [6.07, 6.45) is 0.930. The summed E-state index contributed by atoms with van der Waals surface area (Å²) in [7, 11) is 0. The van der Waals surface area contributed by atoms with Crippen LogP contribution in [0.4, 0.5) is 34.1 Å². The van der Waals surface area contributed by atoms with Crippen molar-refractivity contribution >= 4 is 88.4 Å². The van der Waals surface area contributed by atoms with Crippen LogP contribution in [-0.4, -0.2) is 5.11 Å². The zero-order valence-electron chi connectivity index (χ0n) is 41.3. The summed E-state index contributed by atoms with van der Waals surface area (Å²) in [4.78, 5) is 4.66. The predicted molar refractivity (Wildman–Crippen MR) is 308 cm³/mol. The van der Waals surface area contributed by atoms with Crippen LogP contribution in [0.25, 0.3) is 87.6 Å². The summed E-state index contributed by atoms with van der Waals surface area (Å²) < 4.78 is 7.20. The summed E-state index contributed by atoms with van der Waals surface area (Å²) in [6, 6.07) is 80.0. The number of rotatable bonds is 10. The first-order valence-electron chi connectivity index (χ1n) is 25.3. The fourth-order valence-electron chi connectivity index (χ4n) is 11.5. The molecule has 1 N–H and O–H groups in total. The molecule has 4 nitrogen and oxygen atoms in total. The Balaban J connectivity index is 1.02. The Labute approximate surface area is 425 Å². The number of hydrogen-bond acceptors (Lipinski definition) is 4. The average molecular weight is 941 g/mol. The first kappa shape index (κ1) is 43.9. The van der Waals surface area contributed by atoms with E-state index in [2.05, 4.69) is 250 Å². The summed E-state index contributed by atoms with van der Waals surface area (Å²) in [5.74, 6) is 0.219. The third-order valence-corrected chi connectivity index (χ3v) is 15.1. The molecule has 0 aliphatic carbocycles. The summed E-state index contributed by atoms with van der Waals surface area (Å²) in [6.45, 7) is 8.69. The molecule has 0 saturated carbocycles. The second-order valence-corrected chi connectivity index (χ2v) is 19.4. The smallest absolute Gasteiger partial charge is 0.159 e. The van der Waals surface area contributed by atoms with Crippen LogP contribution in [0.15, 0.2) is 229 Å². The van der Waals surface area contributed by atoms with E-state index < -0.39 is 0 Å². The molecule has 0 saturated heterocycles. The van der Waals surface area contributed by atoms with Gasteiger partial charge in [0.1, 0.15) is 11.3 Å². The lowest BCUT2D eigenvalue weighted by Crippen LogP contribution is -2.13. The quantitative estimate of drug-likeness (QED) is 0.139. The molecular weight excluding hydrogens is 889 g/mol. The van der Waals surface area contributed by atoms with Gasteiger partial charge in [0, 0.05) is 44.0 Å². The standard InChI is InChI=1S/C69H52N2O2/c1-5-46-21-9-11-25-52(46)54-27-15-28-55-56-29-17-33-64(69(56)73-68(54)55)71(60-31-13-8-20-45(60)4)62-41-37-48-34-38-57-61(40-36-47-35-39-58(62)66(48)65(47)57)70(59-30-12-7-19-44(59)3)63-32-16-26-53(67(63)72)50-23-14-22-49(42-50)51-24-10-6-18-43(51)2/h6-42,72H,5H2,1-4H3. The van der Waals surface area contributed by atoms with Crippen molar-refractivity contribution in [2.24, 2.45) is 0 Å². The first-order chi connectivity index (χ1) is 35.9. The van der Waals surface area contributed by atoms with Crippen LogP contribution >= 0.6 is 0 Å². The molecule has 1 aromatic heterocycles. The van der Waals surface area contributed by atoms with E-state index in [1.165, 1.54) is 33.0 Å². The number of aryl methyl sites for hydroxylation is 4. The van der Waals surface area contributed by atoms with Crippen molar-refractivity contribution in [2.45, 2.75) is 34.1 Å². The molecule has 0 fully saturated rings. The van der Waals surface area contributed by atoms with Gasteiger partial charge in [0.15, 0.2) is 5.58 Å². The lowest BCUT2D eigenvalue weighted by Gasteiger charge is -2.31. The second-order valence-electron chi connectivity index (χ2n) is 19.4. The third-order valence-electron chi connectivity index (χ3n) is 15.1. The van der Waals surface area contributed by atoms with Crippen LogP contribution in [0.1, 0.15) is 29.2 Å². The number of furan rings is 1. The molecule has 13 rings (SSSR count). The van der Waals surface area contributed by atoms with Gasteiger partial charge in [-0.05, 0) is 136 Å². The van der Waals surface area contributed by atoms with Gasteiger partial charge in [-0.2, -0.15) is 0 Å². The lowest BCUT2D eigenvalue weighted by atomic mass is 9.91. The van der Waals surface area contributed by atoms with Gasteiger partial charge in [0.2, 0.25) is 0 Å². The number of benzene rings is 12. The molecule has 1 heterocycles. The van der Waals surface area contributed by atoms with Crippen molar-refractivity contribution in [1.29, 1.82) is 0 Å². The van der Waals surface area contributed by atoms with Gasteiger partial charge in [-0.3, -0.25) is 0 Å². The monoisotopic (exact) mass is 940 g/mol. The van der Waals surface area contributed by atoms with Gasteiger partial charge < -0.3 is 19.3 Å². The number of aromatic hydroxyl groups is 1. The third kappa shape index (κ3) is 7.12. The molecular formula is C69H52N2O2. The van der Waals surface area contributed by atoms with Gasteiger partial charge in [-0.15, -0.1) is 0 Å². The van der Waals surface area contributed by atoms with E-state index >= 15 is 0 Å². The molecule has 0 radical (unpaired) electrons. The maximum Gasteiger partial charge on any atom is 0.159 e. The molecule has 0 aliphatic heterocycles. The summed E-state index contributed by atoms with van der Waals surface area (Å²) >= 11 is 0. The Morgan fingerprint density at radius 3 is 1.47 bits per heavy atom. The SMILES string of the molecule is CCc1ccccc1-c1cccc2c1oc1c(N(c3ccccc3C)c3ccc4ccc5c(N(c6ccccc6C)c6cccc(-c7cccc(-c8ccccc8C)c7)c6O)ccc6ccc3c4c65)cccc12. The number of phenolic OH excluding ortho intramolecular Hbond substituents is 1. The van der Waals surface area contributed by atoms with Crippen LogP contribution in [0.3, 0.4) is 0 Å². The van der Waals surface area contributed by atoms with Crippen molar-refractivity contribution in [3.05, 3.63) is 247 Å². The van der Waals surface area contributed by atoms with Crippen LogP contribution in [0.5, 0.6) is 5.75 Å². The molecule has 0 unspecified atom stereocenters. The number of hydrogen-bond donors (Lipinski definition) is 1. The maximum absolute atomic E-state index is 12.7. The van der Waals surface area contributed by atoms with Crippen LogP contribution < -0.4 is 9.80 Å². The number of nitrogens with zero attached hydrogens (tertiary/aromatic N) is 2. The van der Waals surface area contributed by atoms with E-state index in [9.17, 15) is 5.11 Å². The van der Waals surface area contributed by atoms with Gasteiger partial charge in [-0.1, -0.05) is 189 Å². The van der Waals surface area contributed by atoms with Gasteiger partial charge in [0.05, 0.1) is 22.7 Å². The summed E-state index contributed by atoms with van der Waals surface area (Å²) in [5.41, 5.74) is 18.6. The minimum atomic E-state index is 0.219. The molecule has 73 heavy (non-hydrogen) atoms. The summed E-state index contributed by atoms with van der Waals surface area (Å²) in [5, 5.41) is 21.7. The van der Waals surface area contributed by atoms with Crippen LogP contribution in [-0.2, 0) is 6.42 Å². The molecule has 0 bridgehead atoms. The van der Waals surface area contributed by atoms with Crippen molar-refractivity contribution in [3.8, 4) is 39.1 Å². The highest BCUT2D eigenvalue weighted by Gasteiger charge is 2.27. The maximum atomic E-state index is 12.7. The Morgan fingerprint density at radius 1 is 0.356 bits per heavy atom. The molecule has 0 spiro atoms. The zero-order chi connectivity index (χ0) is 49.3. The Hall–Kier alpha value is -9.12. The average Bonchev–Trinajstić information content (AvgIpc) is 3.82. The Kier molecular flexibility index (Phi) is 10.6. The molecule has 0 aliphatic rings. The van der Waals surface area contributed by atoms with Gasteiger partial charge >= 0.3 is 0 Å². The number of anilines is 6. The number of para-hydroxylation sites is 5. The molecule has 12 aromatic carbocycles. The fourth-order valence-corrected chi connectivity index (χ4v) is 11.5. The van der Waals surface area contributed by atoms with E-state index in [-0.39, 0.29) is 5.75 Å². The van der Waals surface area contributed by atoms with Crippen LogP contribution in [0, 0.1) is 20.8 Å². The predicted octanol–water partition coefficient (Wildman–Crippen LogP) is 19.6. The highest BCUT2D eigenvalue weighted by atomic mass is 16.3. The minimum Gasteiger partial charge on any atom is -0.505 e. The lowest BCUT2D eigenvalue weighted by molar-refractivity contribution is 0.478. The number of fused-ring (bicyclic) bond motifs is 3. The topological polar surface area (TPSA) is 39.9 Å². The van der Waals surface area contributed by atoms with E-state index in [0.717, 1.165) is 112 Å². The largest absolute Gasteiger partial charge is 0.505 e. The Bertz CT molecular complexity index is 4280. The van der Waals surface area contributed by atoms with E-state index in [4.69, 9.17) is 4.42 Å². The molecule has 0 atom stereocenters. The van der Waals surface area contributed by atoms with Crippen molar-refractivity contribution in [1.82, 2.24) is 0 Å². The Morgan fingerprint density at radius 2 is 0.822 bits per heavy atom. The first-order valence-corrected chi connectivity index (χ1v) is 25.3. The van der Waals surface area contributed by atoms with Gasteiger partial charge in [0.25, 0.3) is 0 Å². The highest BCUT2D eigenvalue weighted by molar-refractivity contribution is 6.28. The van der Waals surface area contributed by atoms with E-state index in [1.54, 1.807) is 0 Å².